The predicted octanol–water partition coefficient (Wildman–Crippen LogP) is 4.49. The van der Waals surface area contributed by atoms with Crippen LogP contribution in [0.15, 0.2) is 23.3 Å². The number of alkyl halides is 2. The maximum Gasteiger partial charge on any atom is 0.251 e. The van der Waals surface area contributed by atoms with Crippen LogP contribution in [-0.2, 0) is 17.6 Å². The van der Waals surface area contributed by atoms with E-state index in [0.29, 0.717) is 18.9 Å². The van der Waals surface area contributed by atoms with Gasteiger partial charge in [0.05, 0.1) is 6.04 Å². The predicted molar refractivity (Wildman–Crippen MR) is 112 cm³/mol. The second kappa shape index (κ2) is 7.54. The molecule has 2 N–H and O–H groups in total. The third-order valence-corrected chi connectivity index (χ3v) is 6.42. The number of aliphatic imine (C=N–C) groups is 1. The van der Waals surface area contributed by atoms with Gasteiger partial charge < -0.3 is 10.6 Å². The molecular weight excluding hydrogens is 372 g/mol. The first kappa shape index (κ1) is 20.0. The number of halogens is 2. The molecule has 1 heterocycles. The van der Waals surface area contributed by atoms with Crippen LogP contribution in [0.25, 0.3) is 5.57 Å². The fourth-order valence-electron chi connectivity index (χ4n) is 4.45. The van der Waals surface area contributed by atoms with Gasteiger partial charge in [-0.15, -0.1) is 0 Å². The summed E-state index contributed by atoms with van der Waals surface area (Å²) in [4.78, 5) is 18.7. The van der Waals surface area contributed by atoms with Gasteiger partial charge in [-0.1, -0.05) is 6.07 Å². The minimum Gasteiger partial charge on any atom is -0.404 e. The lowest BCUT2D eigenvalue weighted by molar-refractivity contribution is -0.117. The van der Waals surface area contributed by atoms with E-state index in [0.717, 1.165) is 53.6 Å². The van der Waals surface area contributed by atoms with Crippen molar-refractivity contribution in [3.63, 3.8) is 0 Å². The number of nitrogens with two attached hydrogens (primary N) is 1. The lowest BCUT2D eigenvalue weighted by Gasteiger charge is -2.36. The number of hydrogen-bond donors (Lipinski definition) is 1. The molecule has 2 aliphatic carbocycles. The molecule has 0 radical (unpaired) electrons. The molecular formula is C23H29F2N3O. The van der Waals surface area contributed by atoms with Crippen molar-refractivity contribution < 1.29 is 13.6 Å². The summed E-state index contributed by atoms with van der Waals surface area (Å²) in [5.41, 5.74) is 10.8. The number of fused-ring (bicyclic) bond motifs is 1. The molecule has 1 aliphatic heterocycles. The molecule has 6 heteroatoms. The van der Waals surface area contributed by atoms with E-state index in [2.05, 4.69) is 11.9 Å². The van der Waals surface area contributed by atoms with Crippen LogP contribution >= 0.6 is 0 Å². The van der Waals surface area contributed by atoms with Crippen molar-refractivity contribution in [2.45, 2.75) is 76.8 Å². The summed E-state index contributed by atoms with van der Waals surface area (Å²) in [5, 5.41) is 0. The SMILES string of the molecule is CC(=O)N1c2ccc(C(C=NC3CC3)=CN)c(CCC3CC3(F)F)c2CCC1C. The highest BCUT2D eigenvalue weighted by molar-refractivity contribution is 6.10. The summed E-state index contributed by atoms with van der Waals surface area (Å²) >= 11 is 0. The fourth-order valence-corrected chi connectivity index (χ4v) is 4.45. The van der Waals surface area contributed by atoms with Crippen molar-refractivity contribution in [3.05, 3.63) is 35.0 Å². The van der Waals surface area contributed by atoms with E-state index in [9.17, 15) is 13.6 Å². The van der Waals surface area contributed by atoms with E-state index in [1.54, 1.807) is 13.1 Å². The average Bonchev–Trinajstić information content (AvgIpc) is 3.58. The number of allylic oxidation sites excluding steroid dienone is 1. The van der Waals surface area contributed by atoms with Crippen LogP contribution in [0.4, 0.5) is 14.5 Å². The van der Waals surface area contributed by atoms with Gasteiger partial charge in [0.2, 0.25) is 5.91 Å². The number of benzene rings is 1. The summed E-state index contributed by atoms with van der Waals surface area (Å²) < 4.78 is 27.0. The Kier molecular flexibility index (Phi) is 5.21. The van der Waals surface area contributed by atoms with Gasteiger partial charge >= 0.3 is 0 Å². The van der Waals surface area contributed by atoms with Crippen molar-refractivity contribution in [3.8, 4) is 0 Å². The summed E-state index contributed by atoms with van der Waals surface area (Å²) in [7, 11) is 0. The van der Waals surface area contributed by atoms with Crippen LogP contribution in [0.1, 0.15) is 62.6 Å². The molecule has 1 aromatic rings. The highest BCUT2D eigenvalue weighted by Gasteiger charge is 2.56. The van der Waals surface area contributed by atoms with Gasteiger partial charge in [0.15, 0.2) is 0 Å². The first-order valence-electron chi connectivity index (χ1n) is 10.6. The molecule has 0 spiro atoms. The highest BCUT2D eigenvalue weighted by Crippen LogP contribution is 2.51. The van der Waals surface area contributed by atoms with E-state index >= 15 is 0 Å². The van der Waals surface area contributed by atoms with Crippen molar-refractivity contribution >= 4 is 23.4 Å². The Hall–Kier alpha value is -2.24. The molecule has 1 amide bonds. The van der Waals surface area contributed by atoms with Gasteiger partial charge in [0.25, 0.3) is 5.92 Å². The normalized spacial score (nSPS) is 25.9. The summed E-state index contributed by atoms with van der Waals surface area (Å²) in [5.74, 6) is -3.05. The van der Waals surface area contributed by atoms with Gasteiger partial charge in [-0.05, 0) is 68.2 Å². The number of carbonyl (C=O) groups excluding carboxylic acids is 1. The number of hydrogen-bond acceptors (Lipinski definition) is 3. The topological polar surface area (TPSA) is 58.7 Å². The molecule has 0 saturated heterocycles. The molecule has 2 saturated carbocycles. The second-order valence-electron chi connectivity index (χ2n) is 8.70. The molecule has 2 atom stereocenters. The minimum atomic E-state index is -2.52. The molecule has 2 unspecified atom stereocenters. The zero-order valence-electron chi connectivity index (χ0n) is 17.1. The van der Waals surface area contributed by atoms with Crippen molar-refractivity contribution in [2.75, 3.05) is 4.90 Å². The van der Waals surface area contributed by atoms with E-state index < -0.39 is 11.8 Å². The van der Waals surface area contributed by atoms with Crippen LogP contribution in [0.2, 0.25) is 0 Å². The van der Waals surface area contributed by atoms with Crippen LogP contribution in [0, 0.1) is 5.92 Å². The maximum atomic E-state index is 13.5. The average molecular weight is 402 g/mol. The first-order chi connectivity index (χ1) is 13.8. The number of rotatable bonds is 6. The van der Waals surface area contributed by atoms with Gasteiger partial charge in [-0.2, -0.15) is 0 Å². The molecule has 0 bridgehead atoms. The van der Waals surface area contributed by atoms with E-state index in [-0.39, 0.29) is 18.4 Å². The molecule has 156 valence electrons. The Morgan fingerprint density at radius 1 is 1.34 bits per heavy atom. The maximum absolute atomic E-state index is 13.5. The first-order valence-corrected chi connectivity index (χ1v) is 10.6. The Bertz CT molecular complexity index is 873. The summed E-state index contributed by atoms with van der Waals surface area (Å²) in [6.07, 6.45) is 8.28. The van der Waals surface area contributed by atoms with Crippen LogP contribution in [-0.4, -0.2) is 30.1 Å². The van der Waals surface area contributed by atoms with E-state index in [4.69, 9.17) is 5.73 Å². The zero-order chi connectivity index (χ0) is 20.8. The molecule has 3 aliphatic rings. The van der Waals surface area contributed by atoms with Gasteiger partial charge in [-0.3, -0.25) is 9.79 Å². The third-order valence-electron chi connectivity index (χ3n) is 6.42. The Morgan fingerprint density at radius 3 is 2.66 bits per heavy atom. The fraction of sp³-hybridized carbons (Fsp3) is 0.565. The van der Waals surface area contributed by atoms with E-state index in [1.807, 2.05) is 23.2 Å². The highest BCUT2D eigenvalue weighted by atomic mass is 19.3. The molecule has 4 nitrogen and oxygen atoms in total. The minimum absolute atomic E-state index is 0.00997. The largest absolute Gasteiger partial charge is 0.404 e. The third kappa shape index (κ3) is 4.07. The van der Waals surface area contributed by atoms with Gasteiger partial charge in [0.1, 0.15) is 0 Å². The molecule has 1 aromatic carbocycles. The molecule has 4 rings (SSSR count). The van der Waals surface area contributed by atoms with Crippen molar-refractivity contribution in [2.24, 2.45) is 16.6 Å². The van der Waals surface area contributed by atoms with Crippen molar-refractivity contribution in [1.29, 1.82) is 0 Å². The quantitative estimate of drug-likeness (QED) is 0.714. The van der Waals surface area contributed by atoms with Crippen LogP contribution < -0.4 is 10.6 Å². The number of nitrogens with zero attached hydrogens (tertiary/aromatic N) is 2. The van der Waals surface area contributed by atoms with E-state index in [1.165, 1.54) is 0 Å². The lowest BCUT2D eigenvalue weighted by atomic mass is 9.85. The lowest BCUT2D eigenvalue weighted by Crippen LogP contribution is -2.41. The standard InChI is InChI=1S/C23H29F2N3O/c1-14-3-7-21-20(8-4-17-11-23(17,24)25)19(9-10-22(21)28(14)15(2)29)16(12-26)13-27-18-5-6-18/h9-10,12-14,17-18H,3-8,11,26H2,1-2H3. The zero-order valence-corrected chi connectivity index (χ0v) is 17.1. The number of carbonyl (C=O) groups is 1. The second-order valence-corrected chi connectivity index (χ2v) is 8.70. The Balaban J connectivity index is 1.73. The Morgan fingerprint density at radius 2 is 2.07 bits per heavy atom. The van der Waals surface area contributed by atoms with Crippen LogP contribution in [0.3, 0.4) is 0 Å². The van der Waals surface area contributed by atoms with Crippen molar-refractivity contribution in [1.82, 2.24) is 0 Å². The van der Waals surface area contributed by atoms with Crippen LogP contribution in [0.5, 0.6) is 0 Å². The number of amides is 1. The Labute approximate surface area is 170 Å². The molecule has 29 heavy (non-hydrogen) atoms. The smallest absolute Gasteiger partial charge is 0.251 e. The molecule has 2 fully saturated rings. The monoisotopic (exact) mass is 401 g/mol. The molecule has 0 aromatic heterocycles. The number of anilines is 1. The summed E-state index contributed by atoms with van der Waals surface area (Å²) in [6.45, 7) is 3.63. The van der Waals surface area contributed by atoms with Gasteiger partial charge in [-0.25, -0.2) is 8.78 Å². The summed E-state index contributed by atoms with van der Waals surface area (Å²) in [6, 6.07) is 4.47. The van der Waals surface area contributed by atoms with Gasteiger partial charge in [0, 0.05) is 49.0 Å².